The van der Waals surface area contributed by atoms with Crippen LogP contribution in [0, 0.1) is 13.8 Å². The van der Waals surface area contributed by atoms with Crippen LogP contribution in [0.4, 0.5) is 0 Å². The van der Waals surface area contributed by atoms with Crippen molar-refractivity contribution in [3.05, 3.63) is 58.4 Å². The molecule has 138 valence electrons. The maximum absolute atomic E-state index is 13.4. The topological polar surface area (TPSA) is 55.2 Å². The highest BCUT2D eigenvalue weighted by atomic mass is 35.5. The van der Waals surface area contributed by atoms with Gasteiger partial charge in [0.15, 0.2) is 5.65 Å². The molecule has 0 atom stereocenters. The molecule has 3 rings (SSSR count). The highest BCUT2D eigenvalue weighted by Crippen LogP contribution is 2.29. The molecule has 0 radical (unpaired) electrons. The van der Waals surface area contributed by atoms with Crippen molar-refractivity contribution < 1.29 is 8.42 Å². The molecule has 0 saturated carbocycles. The molecule has 0 aliphatic carbocycles. The van der Waals surface area contributed by atoms with E-state index in [-0.39, 0.29) is 4.90 Å². The zero-order chi connectivity index (χ0) is 19.1. The van der Waals surface area contributed by atoms with Crippen LogP contribution in [0.25, 0.3) is 11.0 Å². The summed E-state index contributed by atoms with van der Waals surface area (Å²) in [6, 6.07) is 7.06. The molecule has 0 fully saturated rings. The van der Waals surface area contributed by atoms with E-state index >= 15 is 0 Å². The van der Waals surface area contributed by atoms with Gasteiger partial charge in [-0.25, -0.2) is 17.4 Å². The van der Waals surface area contributed by atoms with Gasteiger partial charge in [-0.15, -0.1) is 0 Å². The predicted molar refractivity (Wildman–Crippen MR) is 106 cm³/mol. The van der Waals surface area contributed by atoms with Crippen molar-refractivity contribution in [1.82, 2.24) is 13.9 Å². The van der Waals surface area contributed by atoms with Gasteiger partial charge in [0, 0.05) is 29.3 Å². The number of likely N-dealkylation sites (N-methyl/N-ethyl adjacent to an activating group) is 1. The number of nitrogens with zero attached hydrogens (tertiary/aromatic N) is 3. The zero-order valence-electron chi connectivity index (χ0n) is 15.3. The van der Waals surface area contributed by atoms with Gasteiger partial charge in [0.25, 0.3) is 10.0 Å². The van der Waals surface area contributed by atoms with E-state index in [4.69, 9.17) is 11.6 Å². The average molecular weight is 392 g/mol. The second kappa shape index (κ2) is 7.02. The number of fused-ring (bicyclic) bond motifs is 1. The fourth-order valence-corrected chi connectivity index (χ4v) is 4.82. The van der Waals surface area contributed by atoms with E-state index in [2.05, 4.69) is 9.88 Å². The summed E-state index contributed by atoms with van der Waals surface area (Å²) in [6.45, 7) is 4.38. The number of hydrogen-bond acceptors (Lipinski definition) is 4. The molecular weight excluding hydrogens is 370 g/mol. The highest BCUT2D eigenvalue weighted by molar-refractivity contribution is 7.90. The van der Waals surface area contributed by atoms with Crippen molar-refractivity contribution in [2.75, 3.05) is 20.6 Å². The third-order valence-electron chi connectivity index (χ3n) is 4.44. The number of pyridine rings is 1. The summed E-state index contributed by atoms with van der Waals surface area (Å²) in [5.41, 5.74) is 2.77. The average Bonchev–Trinajstić information content (AvgIpc) is 2.96. The molecule has 3 aromatic rings. The quantitative estimate of drug-likeness (QED) is 0.666. The SMILES string of the molecule is Cc1cc(S(=O)(=O)n2cc(CCN(C)C)c3cccnc32)c(C)cc1Cl. The predicted octanol–water partition coefficient (Wildman–Crippen LogP) is 3.65. The first kappa shape index (κ1) is 18.9. The molecule has 0 aliphatic rings. The second-order valence-corrected chi connectivity index (χ2v) is 8.94. The van der Waals surface area contributed by atoms with Gasteiger partial charge in [-0.3, -0.25) is 0 Å². The molecule has 26 heavy (non-hydrogen) atoms. The minimum absolute atomic E-state index is 0.251. The van der Waals surface area contributed by atoms with Gasteiger partial charge >= 0.3 is 0 Å². The van der Waals surface area contributed by atoms with E-state index < -0.39 is 10.0 Å². The second-order valence-electron chi connectivity index (χ2n) is 6.75. The Hall–Kier alpha value is -1.89. The van der Waals surface area contributed by atoms with E-state index in [0.717, 1.165) is 29.5 Å². The fourth-order valence-electron chi connectivity index (χ4n) is 2.96. The molecule has 5 nitrogen and oxygen atoms in total. The maximum Gasteiger partial charge on any atom is 0.269 e. The number of aromatic nitrogens is 2. The maximum atomic E-state index is 13.4. The van der Waals surface area contributed by atoms with Crippen molar-refractivity contribution in [2.45, 2.75) is 25.2 Å². The molecule has 0 spiro atoms. The normalized spacial score (nSPS) is 12.2. The molecule has 2 aromatic heterocycles. The molecule has 0 unspecified atom stereocenters. The van der Waals surface area contributed by atoms with Gasteiger partial charge in [0.05, 0.1) is 4.90 Å². The Labute approximate surface area is 159 Å². The third kappa shape index (κ3) is 3.37. The first-order valence-electron chi connectivity index (χ1n) is 8.34. The lowest BCUT2D eigenvalue weighted by Crippen LogP contribution is -2.15. The van der Waals surface area contributed by atoms with Crippen molar-refractivity contribution >= 4 is 32.7 Å². The van der Waals surface area contributed by atoms with Crippen molar-refractivity contribution in [3.8, 4) is 0 Å². The van der Waals surface area contributed by atoms with Crippen LogP contribution in [0.1, 0.15) is 16.7 Å². The monoisotopic (exact) mass is 391 g/mol. The van der Waals surface area contributed by atoms with E-state index in [1.54, 1.807) is 38.4 Å². The number of rotatable bonds is 5. The number of halogens is 1. The third-order valence-corrected chi connectivity index (χ3v) is 6.63. The zero-order valence-corrected chi connectivity index (χ0v) is 16.9. The molecule has 7 heteroatoms. The van der Waals surface area contributed by atoms with Crippen molar-refractivity contribution in [2.24, 2.45) is 0 Å². The van der Waals surface area contributed by atoms with Crippen molar-refractivity contribution in [3.63, 3.8) is 0 Å². The Morgan fingerprint density at radius 3 is 2.62 bits per heavy atom. The first-order valence-corrected chi connectivity index (χ1v) is 10.2. The Morgan fingerprint density at radius 2 is 1.92 bits per heavy atom. The summed E-state index contributed by atoms with van der Waals surface area (Å²) in [5.74, 6) is 0. The molecule has 0 N–H and O–H groups in total. The largest absolute Gasteiger partial charge is 0.309 e. The van der Waals surface area contributed by atoms with Crippen LogP contribution in [0.15, 0.2) is 41.6 Å². The minimum atomic E-state index is -3.77. The number of hydrogen-bond donors (Lipinski definition) is 0. The van der Waals surface area contributed by atoms with Gasteiger partial charge in [-0.2, -0.15) is 0 Å². The van der Waals surface area contributed by atoms with E-state index in [0.29, 0.717) is 16.2 Å². The standard InChI is InChI=1S/C19H22ClN3O2S/c1-13-11-18(14(2)10-17(13)20)26(24,25)23-12-15(7-9-22(3)4)16-6-5-8-21-19(16)23/h5-6,8,10-12H,7,9H2,1-4H3. The summed E-state index contributed by atoms with van der Waals surface area (Å²) in [5, 5.41) is 1.42. The summed E-state index contributed by atoms with van der Waals surface area (Å²) >= 11 is 6.13. The van der Waals surface area contributed by atoms with Gasteiger partial charge in [-0.1, -0.05) is 11.6 Å². The van der Waals surface area contributed by atoms with Crippen LogP contribution in [-0.4, -0.2) is 42.9 Å². The summed E-state index contributed by atoms with van der Waals surface area (Å²) in [4.78, 5) is 6.66. The van der Waals surface area contributed by atoms with Crippen LogP contribution >= 0.6 is 11.6 Å². The smallest absolute Gasteiger partial charge is 0.269 e. The van der Waals surface area contributed by atoms with E-state index in [1.165, 1.54) is 3.97 Å². The lowest BCUT2D eigenvalue weighted by atomic mass is 10.1. The first-order chi connectivity index (χ1) is 12.2. The molecule has 0 bridgehead atoms. The minimum Gasteiger partial charge on any atom is -0.309 e. The molecule has 0 aliphatic heterocycles. The van der Waals surface area contributed by atoms with Crippen LogP contribution in [0.3, 0.4) is 0 Å². The fraction of sp³-hybridized carbons (Fsp3) is 0.316. The van der Waals surface area contributed by atoms with Crippen LogP contribution < -0.4 is 0 Å². The Kier molecular flexibility index (Phi) is 5.10. The summed E-state index contributed by atoms with van der Waals surface area (Å²) in [6.07, 6.45) is 4.06. The Bertz CT molecular complexity index is 1070. The van der Waals surface area contributed by atoms with Gasteiger partial charge in [-0.05, 0) is 75.3 Å². The molecular formula is C19H22ClN3O2S. The molecule has 2 heterocycles. The summed E-state index contributed by atoms with van der Waals surface area (Å²) < 4.78 is 28.0. The van der Waals surface area contributed by atoms with Crippen molar-refractivity contribution in [1.29, 1.82) is 0 Å². The van der Waals surface area contributed by atoms with Crippen LogP contribution in [0.5, 0.6) is 0 Å². The lowest BCUT2D eigenvalue weighted by molar-refractivity contribution is 0.414. The lowest BCUT2D eigenvalue weighted by Gasteiger charge is -2.11. The molecule has 0 saturated heterocycles. The number of aryl methyl sites for hydroxylation is 2. The Balaban J connectivity index is 2.20. The highest BCUT2D eigenvalue weighted by Gasteiger charge is 2.24. The number of benzene rings is 1. The molecule has 0 amide bonds. The summed E-state index contributed by atoms with van der Waals surface area (Å²) in [7, 11) is 0.217. The van der Waals surface area contributed by atoms with Gasteiger partial charge in [0.1, 0.15) is 0 Å². The molecule has 1 aromatic carbocycles. The van der Waals surface area contributed by atoms with Crippen LogP contribution in [-0.2, 0) is 16.4 Å². The van der Waals surface area contributed by atoms with E-state index in [9.17, 15) is 8.42 Å². The van der Waals surface area contributed by atoms with Crippen LogP contribution in [0.2, 0.25) is 5.02 Å². The van der Waals surface area contributed by atoms with E-state index in [1.807, 2.05) is 26.2 Å². The Morgan fingerprint density at radius 1 is 1.19 bits per heavy atom. The van der Waals surface area contributed by atoms with Gasteiger partial charge in [0.2, 0.25) is 0 Å². The van der Waals surface area contributed by atoms with Gasteiger partial charge < -0.3 is 4.90 Å².